The third kappa shape index (κ3) is 6.83. The molecule has 0 aliphatic carbocycles. The van der Waals surface area contributed by atoms with Crippen LogP contribution in [0.15, 0.2) is 24.3 Å². The van der Waals surface area contributed by atoms with Crippen LogP contribution in [0, 0.1) is 48.2 Å². The summed E-state index contributed by atoms with van der Waals surface area (Å²) in [5.74, 6) is 0. The molecule has 2 radical (unpaired) electrons. The second kappa shape index (κ2) is 8.86. The molecule has 3 heteroatoms. The molecular weight excluding hydrogens is 329 g/mol. The largest absolute Gasteiger partial charge is 0.420 e. The van der Waals surface area contributed by atoms with Crippen LogP contribution in [0.3, 0.4) is 0 Å². The van der Waals surface area contributed by atoms with Crippen LogP contribution < -0.4 is 0 Å². The molecule has 0 bridgehead atoms. The Morgan fingerprint density at radius 2 is 1.80 bits per heavy atom. The molecule has 0 fully saturated rings. The minimum atomic E-state index is -0.507. The minimum absolute atomic E-state index is 0. The maximum Gasteiger partial charge on any atom is 0.207 e. The summed E-state index contributed by atoms with van der Waals surface area (Å²) in [6, 6.07) is 10.1. The monoisotopic (exact) mass is 348 g/mol. The van der Waals surface area contributed by atoms with E-state index in [1.165, 1.54) is 30.0 Å². The molecule has 15 heavy (non-hydrogen) atoms. The van der Waals surface area contributed by atoms with E-state index in [1.54, 1.807) is 0 Å². The van der Waals surface area contributed by atoms with Crippen molar-refractivity contribution in [3.8, 4) is 0 Å². The maximum atomic E-state index is 5.31. The van der Waals surface area contributed by atoms with Crippen molar-refractivity contribution >= 4 is 9.04 Å². The second-order valence-electron chi connectivity index (χ2n) is 3.75. The fourth-order valence-electron chi connectivity index (χ4n) is 1.40. The second-order valence-corrected chi connectivity index (χ2v) is 6.06. The molecule has 0 saturated carbocycles. The van der Waals surface area contributed by atoms with Gasteiger partial charge in [-0.05, 0) is 37.9 Å². The first-order chi connectivity index (χ1) is 6.72. The van der Waals surface area contributed by atoms with Crippen LogP contribution in [-0.2, 0) is 10.8 Å². The molecule has 0 saturated heterocycles. The Balaban J connectivity index is 0.00000196. The van der Waals surface area contributed by atoms with Crippen molar-refractivity contribution < 1.29 is 45.7 Å². The van der Waals surface area contributed by atoms with Gasteiger partial charge in [0.2, 0.25) is 9.04 Å². The van der Waals surface area contributed by atoms with Crippen molar-refractivity contribution in [1.82, 2.24) is 0 Å². The molecule has 1 aromatic rings. The van der Waals surface area contributed by atoms with E-state index < -0.39 is 9.04 Å². The molecule has 0 N–H and O–H groups in total. The van der Waals surface area contributed by atoms with Gasteiger partial charge in [0.05, 0.1) is 0 Å². The average molecular weight is 348 g/mol. The van der Waals surface area contributed by atoms with E-state index in [9.17, 15) is 0 Å². The van der Waals surface area contributed by atoms with Crippen molar-refractivity contribution in [1.29, 1.82) is 0 Å². The summed E-state index contributed by atoms with van der Waals surface area (Å²) in [6.07, 6.45) is 2.44. The van der Waals surface area contributed by atoms with E-state index in [0.29, 0.717) is 0 Å². The zero-order chi connectivity index (χ0) is 10.4. The summed E-state index contributed by atoms with van der Waals surface area (Å²) in [7, 11) is 1.31. The third-order valence-corrected chi connectivity index (χ3v) is 4.22. The molecule has 80 valence electrons. The topological polar surface area (TPSA) is 9.23 Å². The van der Waals surface area contributed by atoms with Gasteiger partial charge in [-0.2, -0.15) is 0 Å². The van der Waals surface area contributed by atoms with E-state index in [1.807, 2.05) is 7.11 Å². The van der Waals surface area contributed by atoms with Crippen LogP contribution in [0.5, 0.6) is 0 Å². The number of benzene rings is 1. The van der Waals surface area contributed by atoms with E-state index in [-0.39, 0.29) is 41.3 Å². The summed E-state index contributed by atoms with van der Waals surface area (Å²) < 4.78 is 5.31. The average Bonchev–Trinajstić information content (AvgIpc) is 2.21. The van der Waals surface area contributed by atoms with Crippen LogP contribution in [-0.4, -0.2) is 16.2 Å². The van der Waals surface area contributed by atoms with Crippen molar-refractivity contribution in [2.24, 2.45) is 0 Å². The van der Waals surface area contributed by atoms with Crippen molar-refractivity contribution in [3.05, 3.63) is 35.4 Å². The van der Waals surface area contributed by atoms with Crippen LogP contribution in [0.4, 0.5) is 0 Å². The van der Waals surface area contributed by atoms with Crippen LogP contribution in [0.25, 0.3) is 0 Å². The van der Waals surface area contributed by atoms with Crippen LogP contribution >= 0.6 is 0 Å². The fourth-order valence-corrected chi connectivity index (χ4v) is 2.28. The summed E-state index contributed by atoms with van der Waals surface area (Å²) >= 11 is 0. The molecule has 0 aliphatic heterocycles. The SMILES string of the molecule is CO[Si](C)CCCc1ccc(C)cc1.[Pr]. The molecule has 0 atom stereocenters. The Kier molecular flexibility index (Phi) is 9.31. The first-order valence-electron chi connectivity index (χ1n) is 5.14. The number of hydrogen-bond donors (Lipinski definition) is 0. The van der Waals surface area contributed by atoms with Gasteiger partial charge in [-0.15, -0.1) is 0 Å². The first-order valence-corrected chi connectivity index (χ1v) is 7.26. The Morgan fingerprint density at radius 1 is 1.20 bits per heavy atom. The quantitative estimate of drug-likeness (QED) is 0.743. The van der Waals surface area contributed by atoms with Gasteiger partial charge in [-0.25, -0.2) is 0 Å². The number of hydrogen-bond acceptors (Lipinski definition) is 1. The molecular formula is C12H19OPrSi. The van der Waals surface area contributed by atoms with E-state index in [0.717, 1.165) is 0 Å². The van der Waals surface area contributed by atoms with Gasteiger partial charge in [-0.1, -0.05) is 29.8 Å². The zero-order valence-electron chi connectivity index (χ0n) is 9.92. The van der Waals surface area contributed by atoms with Crippen molar-refractivity contribution in [3.63, 3.8) is 0 Å². The van der Waals surface area contributed by atoms with Gasteiger partial charge in [0.25, 0.3) is 0 Å². The first kappa shape index (κ1) is 15.8. The predicted molar refractivity (Wildman–Crippen MR) is 62.9 cm³/mol. The summed E-state index contributed by atoms with van der Waals surface area (Å²) in [5.41, 5.74) is 2.78. The normalized spacial score (nSPS) is 10.1. The van der Waals surface area contributed by atoms with Crippen molar-refractivity contribution in [2.75, 3.05) is 7.11 Å². The molecule has 0 heterocycles. The minimum Gasteiger partial charge on any atom is -0.420 e. The molecule has 0 aromatic heterocycles. The summed E-state index contributed by atoms with van der Waals surface area (Å²) in [6.45, 7) is 4.35. The molecule has 0 unspecified atom stereocenters. The Bertz CT molecular complexity index is 261. The third-order valence-electron chi connectivity index (χ3n) is 2.46. The zero-order valence-corrected chi connectivity index (χ0v) is 14.6. The number of rotatable bonds is 5. The van der Waals surface area contributed by atoms with E-state index >= 15 is 0 Å². The molecule has 0 spiro atoms. The van der Waals surface area contributed by atoms with E-state index in [2.05, 4.69) is 37.7 Å². The summed E-state index contributed by atoms with van der Waals surface area (Å²) in [5, 5.41) is 0. The molecule has 0 aliphatic rings. The Morgan fingerprint density at radius 3 is 2.33 bits per heavy atom. The Labute approximate surface area is 128 Å². The van der Waals surface area contributed by atoms with Crippen molar-refractivity contribution in [2.45, 2.75) is 32.4 Å². The van der Waals surface area contributed by atoms with Gasteiger partial charge >= 0.3 is 0 Å². The number of aryl methyl sites for hydroxylation is 2. The molecule has 1 rings (SSSR count). The summed E-state index contributed by atoms with van der Waals surface area (Å²) in [4.78, 5) is 0. The standard InChI is InChI=1S/C12H19OSi.Pr/c1-11-6-8-12(9-7-11)5-4-10-14(3)13-2;/h6-9H,4-5,10H2,1-3H3;. The van der Waals surface area contributed by atoms with Gasteiger partial charge in [-0.3, -0.25) is 0 Å². The maximum absolute atomic E-state index is 5.31. The smallest absolute Gasteiger partial charge is 0.207 e. The van der Waals surface area contributed by atoms with Gasteiger partial charge < -0.3 is 4.43 Å². The fraction of sp³-hybridized carbons (Fsp3) is 0.500. The molecule has 1 nitrogen and oxygen atoms in total. The van der Waals surface area contributed by atoms with Gasteiger partial charge in [0, 0.05) is 48.4 Å². The van der Waals surface area contributed by atoms with Gasteiger partial charge in [0.1, 0.15) is 0 Å². The Hall–Kier alpha value is 0.761. The predicted octanol–water partition coefficient (Wildman–Crippen LogP) is 3.20. The van der Waals surface area contributed by atoms with E-state index in [4.69, 9.17) is 4.43 Å². The van der Waals surface area contributed by atoms with Crippen LogP contribution in [0.2, 0.25) is 12.6 Å². The molecule has 0 amide bonds. The van der Waals surface area contributed by atoms with Gasteiger partial charge in [0.15, 0.2) is 0 Å². The molecule has 1 aromatic carbocycles. The van der Waals surface area contributed by atoms with Crippen LogP contribution in [0.1, 0.15) is 17.5 Å².